The molecule has 0 aromatic heterocycles. The van der Waals surface area contributed by atoms with Crippen LogP contribution in [0.3, 0.4) is 0 Å². The number of nitro benzene ring substituents is 1. The molecule has 2 aromatic carbocycles. The number of hydrogen-bond acceptors (Lipinski definition) is 7. The molecule has 0 saturated carbocycles. The lowest BCUT2D eigenvalue weighted by atomic mass is 10.1. The summed E-state index contributed by atoms with van der Waals surface area (Å²) in [6, 6.07) is 11.4. The van der Waals surface area contributed by atoms with Gasteiger partial charge >= 0.3 is 0 Å². The van der Waals surface area contributed by atoms with E-state index in [2.05, 4.69) is 10.3 Å². The number of guanidine groups is 1. The number of carbonyl (C=O) groups excluding carboxylic acids is 1. The molecular formula is C19H24N6O6S. The lowest BCUT2D eigenvalue weighted by Gasteiger charge is -2.27. The third-order valence-corrected chi connectivity index (χ3v) is 6.04. The summed E-state index contributed by atoms with van der Waals surface area (Å²) in [5, 5.41) is 13.4. The zero-order chi connectivity index (χ0) is 23.7. The topological polar surface area (TPSA) is 183 Å². The first-order chi connectivity index (χ1) is 15.2. The van der Waals surface area contributed by atoms with E-state index in [1.807, 2.05) is 0 Å². The minimum atomic E-state index is -4.18. The van der Waals surface area contributed by atoms with Gasteiger partial charge in [-0.15, -0.1) is 0 Å². The van der Waals surface area contributed by atoms with E-state index < -0.39 is 26.9 Å². The van der Waals surface area contributed by atoms with Crippen molar-refractivity contribution in [3.63, 3.8) is 0 Å². The molecule has 13 heteroatoms. The third kappa shape index (κ3) is 6.47. The van der Waals surface area contributed by atoms with Gasteiger partial charge in [0.15, 0.2) is 5.96 Å². The highest BCUT2D eigenvalue weighted by atomic mass is 32.2. The summed E-state index contributed by atoms with van der Waals surface area (Å²) in [5.41, 5.74) is 10.7. The Kier molecular flexibility index (Phi) is 8.63. The van der Waals surface area contributed by atoms with Crippen molar-refractivity contribution in [2.45, 2.75) is 23.8 Å². The van der Waals surface area contributed by atoms with Gasteiger partial charge in [-0.2, -0.15) is 0 Å². The molecule has 0 aliphatic heterocycles. The van der Waals surface area contributed by atoms with Crippen LogP contribution in [0, 0.1) is 10.1 Å². The number of amides is 1. The van der Waals surface area contributed by atoms with Crippen LogP contribution in [0.2, 0.25) is 0 Å². The van der Waals surface area contributed by atoms with Gasteiger partial charge in [0, 0.05) is 24.4 Å². The zero-order valence-electron chi connectivity index (χ0n) is 17.2. The van der Waals surface area contributed by atoms with E-state index in [0.717, 1.165) is 7.11 Å². The van der Waals surface area contributed by atoms with Crippen LogP contribution in [0.15, 0.2) is 64.5 Å². The SMILES string of the molecule is CON([C@@H](CCCN=C(N)N)C(=O)Nc1ccc([N+](=O)[O-])cc1)S(=O)(=O)c1ccccc1. The number of nitrogens with two attached hydrogens (primary N) is 2. The Morgan fingerprint density at radius 1 is 1.19 bits per heavy atom. The molecule has 0 aliphatic carbocycles. The molecule has 5 N–H and O–H groups in total. The van der Waals surface area contributed by atoms with Gasteiger partial charge in [-0.05, 0) is 37.1 Å². The largest absolute Gasteiger partial charge is 0.370 e. The standard InChI is InChI=1S/C19H24N6O6S/c1-31-25(32(29,30)16-6-3-2-4-7-16)17(8-5-13-22-19(20)21)18(26)23-14-9-11-15(12-10-14)24(27)28/h2-4,6-7,9-12,17H,5,8,13H2,1H3,(H,23,26)(H4,20,21,22)/t17-/m0/s1. The Morgan fingerprint density at radius 2 is 1.81 bits per heavy atom. The Labute approximate surface area is 185 Å². The van der Waals surface area contributed by atoms with Crippen LogP contribution in [-0.2, 0) is 19.7 Å². The molecular weight excluding hydrogens is 440 g/mol. The quantitative estimate of drug-likeness (QED) is 0.146. The summed E-state index contributed by atoms with van der Waals surface area (Å²) in [6.45, 7) is 0.173. The maximum absolute atomic E-state index is 13.1. The van der Waals surface area contributed by atoms with E-state index in [0.29, 0.717) is 4.47 Å². The lowest BCUT2D eigenvalue weighted by Crippen LogP contribution is -2.46. The number of aliphatic imine (C=N–C) groups is 1. The van der Waals surface area contributed by atoms with Gasteiger partial charge in [-0.3, -0.25) is 24.7 Å². The minimum absolute atomic E-state index is 0.0372. The fourth-order valence-electron chi connectivity index (χ4n) is 2.81. The molecule has 32 heavy (non-hydrogen) atoms. The summed E-state index contributed by atoms with van der Waals surface area (Å²) in [4.78, 5) is 32.2. The van der Waals surface area contributed by atoms with Gasteiger partial charge in [0.25, 0.3) is 15.7 Å². The first-order valence-electron chi connectivity index (χ1n) is 9.41. The molecule has 0 saturated heterocycles. The van der Waals surface area contributed by atoms with Gasteiger partial charge in [0.05, 0.1) is 16.9 Å². The van der Waals surface area contributed by atoms with E-state index in [1.165, 1.54) is 36.4 Å². The molecule has 0 radical (unpaired) electrons. The molecule has 0 spiro atoms. The van der Waals surface area contributed by atoms with Crippen molar-refractivity contribution in [3.8, 4) is 0 Å². The fraction of sp³-hybridized carbons (Fsp3) is 0.263. The maximum Gasteiger partial charge on any atom is 0.269 e. The lowest BCUT2D eigenvalue weighted by molar-refractivity contribution is -0.384. The van der Waals surface area contributed by atoms with E-state index in [-0.39, 0.29) is 41.6 Å². The van der Waals surface area contributed by atoms with Crippen LogP contribution < -0.4 is 16.8 Å². The van der Waals surface area contributed by atoms with Crippen LogP contribution in [0.4, 0.5) is 11.4 Å². The molecule has 0 bridgehead atoms. The second-order valence-electron chi connectivity index (χ2n) is 6.51. The van der Waals surface area contributed by atoms with E-state index in [4.69, 9.17) is 16.3 Å². The first-order valence-corrected chi connectivity index (χ1v) is 10.8. The molecule has 0 aliphatic rings. The number of hydrogen-bond donors (Lipinski definition) is 3. The number of carbonyl (C=O) groups is 1. The van der Waals surface area contributed by atoms with E-state index in [1.54, 1.807) is 18.2 Å². The second kappa shape index (κ2) is 11.2. The van der Waals surface area contributed by atoms with Crippen molar-refractivity contribution in [2.75, 3.05) is 19.0 Å². The number of sulfonamides is 1. The highest BCUT2D eigenvalue weighted by Crippen LogP contribution is 2.23. The summed E-state index contributed by atoms with van der Waals surface area (Å²) < 4.78 is 26.8. The van der Waals surface area contributed by atoms with Crippen molar-refractivity contribution < 1.29 is 23.0 Å². The number of hydroxylamine groups is 1. The minimum Gasteiger partial charge on any atom is -0.370 e. The van der Waals surface area contributed by atoms with Crippen molar-refractivity contribution in [1.82, 2.24) is 4.47 Å². The van der Waals surface area contributed by atoms with E-state index >= 15 is 0 Å². The number of anilines is 1. The van der Waals surface area contributed by atoms with Gasteiger partial charge < -0.3 is 16.8 Å². The Bertz CT molecular complexity index is 1060. The molecule has 12 nitrogen and oxygen atoms in total. The van der Waals surface area contributed by atoms with Crippen LogP contribution in [0.25, 0.3) is 0 Å². The zero-order valence-corrected chi connectivity index (χ0v) is 18.1. The van der Waals surface area contributed by atoms with Crippen molar-refractivity contribution in [3.05, 3.63) is 64.7 Å². The summed E-state index contributed by atoms with van der Waals surface area (Å²) in [7, 11) is -3.04. The number of rotatable bonds is 11. The van der Waals surface area contributed by atoms with Crippen LogP contribution in [-0.4, -0.2) is 49.4 Å². The summed E-state index contributed by atoms with van der Waals surface area (Å²) in [6.07, 6.45) is 0.315. The number of nitro groups is 1. The Morgan fingerprint density at radius 3 is 2.34 bits per heavy atom. The molecule has 0 unspecified atom stereocenters. The summed E-state index contributed by atoms with van der Waals surface area (Å²) in [5.74, 6) is -0.817. The molecule has 0 heterocycles. The van der Waals surface area contributed by atoms with Crippen LogP contribution >= 0.6 is 0 Å². The van der Waals surface area contributed by atoms with Crippen molar-refractivity contribution in [1.29, 1.82) is 0 Å². The number of non-ortho nitro benzene ring substituents is 1. The molecule has 172 valence electrons. The maximum atomic E-state index is 13.1. The van der Waals surface area contributed by atoms with Gasteiger partial charge in [0.1, 0.15) is 6.04 Å². The third-order valence-electron chi connectivity index (χ3n) is 4.29. The normalized spacial score (nSPS) is 12.2. The monoisotopic (exact) mass is 464 g/mol. The highest BCUT2D eigenvalue weighted by molar-refractivity contribution is 7.89. The predicted molar refractivity (Wildman–Crippen MR) is 118 cm³/mol. The molecule has 1 amide bonds. The number of nitrogens with zero attached hydrogens (tertiary/aromatic N) is 3. The second-order valence-corrected chi connectivity index (χ2v) is 8.30. The Hall–Kier alpha value is -3.55. The number of benzene rings is 2. The average Bonchev–Trinajstić information content (AvgIpc) is 2.76. The molecule has 0 fully saturated rings. The Balaban J connectivity index is 2.31. The molecule has 1 atom stereocenters. The van der Waals surface area contributed by atoms with E-state index in [9.17, 15) is 23.3 Å². The van der Waals surface area contributed by atoms with Crippen LogP contribution in [0.1, 0.15) is 12.8 Å². The van der Waals surface area contributed by atoms with Gasteiger partial charge in [-0.25, -0.2) is 8.42 Å². The van der Waals surface area contributed by atoms with Crippen molar-refractivity contribution >= 4 is 33.3 Å². The first kappa shape index (κ1) is 24.7. The average molecular weight is 465 g/mol. The number of nitrogens with one attached hydrogen (secondary N) is 1. The molecule has 2 aromatic rings. The van der Waals surface area contributed by atoms with Crippen LogP contribution in [0.5, 0.6) is 0 Å². The van der Waals surface area contributed by atoms with Gasteiger partial charge in [-0.1, -0.05) is 22.7 Å². The fourth-order valence-corrected chi connectivity index (χ4v) is 4.25. The van der Waals surface area contributed by atoms with Crippen molar-refractivity contribution in [2.24, 2.45) is 16.5 Å². The summed E-state index contributed by atoms with van der Waals surface area (Å²) >= 11 is 0. The smallest absolute Gasteiger partial charge is 0.269 e. The highest BCUT2D eigenvalue weighted by Gasteiger charge is 2.36. The van der Waals surface area contributed by atoms with Gasteiger partial charge in [0.2, 0.25) is 5.91 Å². The predicted octanol–water partition coefficient (Wildman–Crippen LogP) is 1.21. The molecule has 2 rings (SSSR count).